The van der Waals surface area contributed by atoms with Gasteiger partial charge in [-0.2, -0.15) is 0 Å². The number of rotatable bonds is 8. The molecule has 0 aliphatic heterocycles. The number of hydrogen-bond acceptors (Lipinski definition) is 5. The van der Waals surface area contributed by atoms with Crippen molar-refractivity contribution < 1.29 is 14.0 Å². The fourth-order valence-corrected chi connectivity index (χ4v) is 3.67. The Kier molecular flexibility index (Phi) is 7.41. The van der Waals surface area contributed by atoms with Gasteiger partial charge in [0, 0.05) is 31.3 Å². The van der Waals surface area contributed by atoms with E-state index < -0.39 is 0 Å². The summed E-state index contributed by atoms with van der Waals surface area (Å²) in [5.41, 5.74) is 3.48. The Hall–Kier alpha value is -3.20. The van der Waals surface area contributed by atoms with Crippen LogP contribution in [-0.2, 0) is 23.1 Å². The number of halogens is 1. The predicted molar refractivity (Wildman–Crippen MR) is 120 cm³/mol. The van der Waals surface area contributed by atoms with Crippen molar-refractivity contribution in [1.82, 2.24) is 14.8 Å². The summed E-state index contributed by atoms with van der Waals surface area (Å²) in [5, 5.41) is 14.5. The number of thioether (sulfide) groups is 1. The molecule has 0 aliphatic rings. The smallest absolute Gasteiger partial charge is 0.234 e. The molecule has 3 rings (SSSR count). The van der Waals surface area contributed by atoms with Gasteiger partial charge in [0.1, 0.15) is 11.6 Å². The standard InChI is InChI=1S/C22H24FN5O2S/c1-14-4-9-18(15(2)12-14)25-21(30)13-31-22-27-26-19(28(22)3)10-11-20(29)24-17-7-5-16(23)6-8-17/h4-9,12H,10-11,13H2,1-3H3,(H,24,29)(H,25,30). The molecule has 0 aliphatic carbocycles. The predicted octanol–water partition coefficient (Wildman–Crippen LogP) is 3.87. The van der Waals surface area contributed by atoms with Crippen molar-refractivity contribution in [3.05, 3.63) is 65.2 Å². The first-order chi connectivity index (χ1) is 14.8. The molecule has 7 nitrogen and oxygen atoms in total. The summed E-state index contributed by atoms with van der Waals surface area (Å²) in [6.07, 6.45) is 0.604. The highest BCUT2D eigenvalue weighted by Gasteiger charge is 2.13. The molecule has 9 heteroatoms. The van der Waals surface area contributed by atoms with E-state index in [9.17, 15) is 14.0 Å². The quantitative estimate of drug-likeness (QED) is 0.518. The van der Waals surface area contributed by atoms with E-state index in [0.717, 1.165) is 16.8 Å². The Labute approximate surface area is 184 Å². The van der Waals surface area contributed by atoms with Crippen LogP contribution in [0.2, 0.25) is 0 Å². The molecule has 2 amide bonds. The van der Waals surface area contributed by atoms with Gasteiger partial charge in [0.05, 0.1) is 5.75 Å². The average Bonchev–Trinajstić information content (AvgIpc) is 3.08. The first-order valence-corrected chi connectivity index (χ1v) is 10.7. The number of anilines is 2. The van der Waals surface area contributed by atoms with E-state index in [2.05, 4.69) is 20.8 Å². The van der Waals surface area contributed by atoms with Gasteiger partial charge in [0.25, 0.3) is 0 Å². The van der Waals surface area contributed by atoms with E-state index in [1.54, 1.807) is 11.6 Å². The van der Waals surface area contributed by atoms with Crippen LogP contribution in [0.1, 0.15) is 23.4 Å². The molecule has 31 heavy (non-hydrogen) atoms. The Morgan fingerprint density at radius 1 is 1.03 bits per heavy atom. The van der Waals surface area contributed by atoms with Gasteiger partial charge in [0.15, 0.2) is 5.16 Å². The first-order valence-electron chi connectivity index (χ1n) is 9.75. The molecule has 3 aromatic rings. The molecule has 162 valence electrons. The third kappa shape index (κ3) is 6.39. The van der Waals surface area contributed by atoms with E-state index in [4.69, 9.17) is 0 Å². The second kappa shape index (κ2) is 10.2. The normalized spacial score (nSPS) is 10.7. The second-order valence-electron chi connectivity index (χ2n) is 7.17. The Morgan fingerprint density at radius 2 is 1.77 bits per heavy atom. The molecular weight excluding hydrogens is 417 g/mol. The van der Waals surface area contributed by atoms with E-state index in [1.165, 1.54) is 36.0 Å². The minimum atomic E-state index is -0.357. The van der Waals surface area contributed by atoms with Gasteiger partial charge >= 0.3 is 0 Å². The summed E-state index contributed by atoms with van der Waals surface area (Å²) in [4.78, 5) is 24.4. The van der Waals surface area contributed by atoms with E-state index >= 15 is 0 Å². The summed E-state index contributed by atoms with van der Waals surface area (Å²) in [6.45, 7) is 3.96. The van der Waals surface area contributed by atoms with Crippen molar-refractivity contribution in [2.24, 2.45) is 7.05 Å². The van der Waals surface area contributed by atoms with Crippen LogP contribution in [0, 0.1) is 19.7 Å². The summed E-state index contributed by atoms with van der Waals surface area (Å²) in [6, 6.07) is 11.5. The van der Waals surface area contributed by atoms with Crippen molar-refractivity contribution in [1.29, 1.82) is 0 Å². The van der Waals surface area contributed by atoms with E-state index in [-0.39, 0.29) is 29.8 Å². The average molecular weight is 442 g/mol. The Bertz CT molecular complexity index is 1080. The molecule has 2 aromatic carbocycles. The van der Waals surface area contributed by atoms with Crippen molar-refractivity contribution in [2.45, 2.75) is 31.8 Å². The first kappa shape index (κ1) is 22.5. The number of nitrogens with one attached hydrogen (secondary N) is 2. The molecular formula is C22H24FN5O2S. The number of benzene rings is 2. The minimum absolute atomic E-state index is 0.125. The minimum Gasteiger partial charge on any atom is -0.326 e. The van der Waals surface area contributed by atoms with Gasteiger partial charge in [-0.25, -0.2) is 4.39 Å². The summed E-state index contributed by atoms with van der Waals surface area (Å²) >= 11 is 1.28. The third-order valence-electron chi connectivity index (χ3n) is 4.62. The van der Waals surface area contributed by atoms with Crippen LogP contribution < -0.4 is 10.6 Å². The van der Waals surface area contributed by atoms with Crippen LogP contribution in [0.3, 0.4) is 0 Å². The van der Waals surface area contributed by atoms with Crippen molar-refractivity contribution in [3.8, 4) is 0 Å². The number of nitrogens with zero attached hydrogens (tertiary/aromatic N) is 3. The lowest BCUT2D eigenvalue weighted by Gasteiger charge is -2.09. The molecule has 1 aromatic heterocycles. The van der Waals surface area contributed by atoms with Crippen LogP contribution in [0.25, 0.3) is 0 Å². The molecule has 2 N–H and O–H groups in total. The molecule has 0 unspecified atom stereocenters. The zero-order valence-electron chi connectivity index (χ0n) is 17.6. The highest BCUT2D eigenvalue weighted by Crippen LogP contribution is 2.19. The molecule has 0 saturated heterocycles. The lowest BCUT2D eigenvalue weighted by Crippen LogP contribution is -2.15. The second-order valence-corrected chi connectivity index (χ2v) is 8.11. The fraction of sp³-hybridized carbons (Fsp3) is 0.273. The molecule has 0 radical (unpaired) electrons. The highest BCUT2D eigenvalue weighted by molar-refractivity contribution is 7.99. The Balaban J connectivity index is 1.48. The highest BCUT2D eigenvalue weighted by atomic mass is 32.2. The molecule has 0 fully saturated rings. The SMILES string of the molecule is Cc1ccc(NC(=O)CSc2nnc(CCC(=O)Nc3ccc(F)cc3)n2C)c(C)c1. The number of aryl methyl sites for hydroxylation is 3. The maximum absolute atomic E-state index is 12.9. The van der Waals surface area contributed by atoms with E-state index in [1.807, 2.05) is 32.0 Å². The van der Waals surface area contributed by atoms with Crippen LogP contribution >= 0.6 is 11.8 Å². The van der Waals surface area contributed by atoms with Gasteiger partial charge in [0.2, 0.25) is 11.8 Å². The van der Waals surface area contributed by atoms with Gasteiger partial charge in [-0.3, -0.25) is 9.59 Å². The topological polar surface area (TPSA) is 88.9 Å². The zero-order chi connectivity index (χ0) is 22.4. The molecule has 0 saturated carbocycles. The monoisotopic (exact) mass is 441 g/mol. The van der Waals surface area contributed by atoms with Crippen molar-refractivity contribution in [2.75, 3.05) is 16.4 Å². The van der Waals surface area contributed by atoms with Crippen LogP contribution in [0.4, 0.5) is 15.8 Å². The molecule has 0 spiro atoms. The number of hydrogen-bond donors (Lipinski definition) is 2. The van der Waals surface area contributed by atoms with Crippen molar-refractivity contribution >= 4 is 35.0 Å². The number of carbonyl (C=O) groups excluding carboxylic acids is 2. The summed E-state index contributed by atoms with van der Waals surface area (Å²) in [5.74, 6) is 0.165. The molecule has 1 heterocycles. The zero-order valence-corrected chi connectivity index (χ0v) is 18.4. The van der Waals surface area contributed by atoms with Gasteiger partial charge in [-0.1, -0.05) is 29.5 Å². The maximum atomic E-state index is 12.9. The van der Waals surface area contributed by atoms with Gasteiger partial charge < -0.3 is 15.2 Å². The lowest BCUT2D eigenvalue weighted by molar-refractivity contribution is -0.116. The van der Waals surface area contributed by atoms with Crippen LogP contribution in [0.15, 0.2) is 47.6 Å². The molecule has 0 bridgehead atoms. The fourth-order valence-electron chi connectivity index (χ4n) is 2.94. The maximum Gasteiger partial charge on any atom is 0.234 e. The van der Waals surface area contributed by atoms with Crippen molar-refractivity contribution in [3.63, 3.8) is 0 Å². The largest absolute Gasteiger partial charge is 0.326 e. The molecule has 0 atom stereocenters. The lowest BCUT2D eigenvalue weighted by atomic mass is 10.1. The third-order valence-corrected chi connectivity index (χ3v) is 5.64. The Morgan fingerprint density at radius 3 is 2.48 bits per heavy atom. The summed E-state index contributed by atoms with van der Waals surface area (Å²) in [7, 11) is 1.80. The van der Waals surface area contributed by atoms with E-state index in [0.29, 0.717) is 23.1 Å². The summed E-state index contributed by atoms with van der Waals surface area (Å²) < 4.78 is 14.7. The number of aromatic nitrogens is 3. The van der Waals surface area contributed by atoms with Gasteiger partial charge in [-0.05, 0) is 49.7 Å². The van der Waals surface area contributed by atoms with Crippen LogP contribution in [0.5, 0.6) is 0 Å². The van der Waals surface area contributed by atoms with Gasteiger partial charge in [-0.15, -0.1) is 10.2 Å². The number of carbonyl (C=O) groups is 2. The number of amides is 2. The van der Waals surface area contributed by atoms with Crippen LogP contribution in [-0.4, -0.2) is 32.3 Å².